The largest absolute Gasteiger partial charge is 0.550 e. The maximum absolute atomic E-state index is 11.2. The average Bonchev–Trinajstić information content (AvgIpc) is 2.28. The Morgan fingerprint density at radius 3 is 2.14 bits per heavy atom. The van der Waals surface area contributed by atoms with E-state index in [9.17, 15) is 9.59 Å². The first-order valence-electron chi connectivity index (χ1n) is 7.01. The van der Waals surface area contributed by atoms with Crippen LogP contribution in [0.2, 0.25) is 0 Å². The molecule has 0 atom stereocenters. The Morgan fingerprint density at radius 1 is 1.05 bits per heavy atom. The van der Waals surface area contributed by atoms with Crippen molar-refractivity contribution >= 4 is 12.1 Å². The van der Waals surface area contributed by atoms with E-state index >= 15 is 0 Å². The monoisotopic (exact) mass is 318 g/mol. The Bertz CT molecular complexity index is 391. The lowest BCUT2D eigenvalue weighted by molar-refractivity contribution is -0.321. The van der Waals surface area contributed by atoms with Crippen molar-refractivity contribution in [1.82, 2.24) is 0 Å². The average molecular weight is 318 g/mol. The van der Waals surface area contributed by atoms with E-state index in [1.165, 1.54) is 0 Å². The molecule has 0 fully saturated rings. The second kappa shape index (κ2) is 8.63. The maximum atomic E-state index is 11.2. The molecule has 0 heterocycles. The molecule has 0 radical (unpaired) electrons. The number of hydrogen-bond acceptors (Lipinski definition) is 7. The van der Waals surface area contributed by atoms with Crippen molar-refractivity contribution in [2.24, 2.45) is 5.41 Å². The van der Waals surface area contributed by atoms with E-state index in [4.69, 9.17) is 9.78 Å². The van der Waals surface area contributed by atoms with Crippen LogP contribution >= 0.6 is 0 Å². The third-order valence-corrected chi connectivity index (χ3v) is 2.01. The van der Waals surface area contributed by atoms with Gasteiger partial charge >= 0.3 is 12.1 Å². The van der Waals surface area contributed by atoms with Gasteiger partial charge in [0, 0.05) is 0 Å². The molecule has 22 heavy (non-hydrogen) atoms. The molecule has 0 spiro atoms. The third kappa shape index (κ3) is 12.0. The summed E-state index contributed by atoms with van der Waals surface area (Å²) in [5, 5.41) is 0. The zero-order valence-corrected chi connectivity index (χ0v) is 14.3. The van der Waals surface area contributed by atoms with Gasteiger partial charge in [0.05, 0.1) is 12.2 Å². The smallest absolute Gasteiger partial charge is 0.429 e. The summed E-state index contributed by atoms with van der Waals surface area (Å²) < 4.78 is 4.60. The standard InChI is InChI=1S/C15H26O7/c1-11(2)19-13(17)21-20-12(16)8-9-18-22-15(6,7)10-14(3,4)5/h8-9,11H,10H2,1-7H3. The fraction of sp³-hybridized carbons (Fsp3) is 0.733. The van der Waals surface area contributed by atoms with Gasteiger partial charge in [-0.05, 0) is 39.5 Å². The summed E-state index contributed by atoms with van der Waals surface area (Å²) in [4.78, 5) is 40.5. The van der Waals surface area contributed by atoms with Crippen LogP contribution < -0.4 is 0 Å². The van der Waals surface area contributed by atoms with Gasteiger partial charge in [-0.2, -0.15) is 9.68 Å². The lowest BCUT2D eigenvalue weighted by atomic mass is 9.84. The summed E-state index contributed by atoms with van der Waals surface area (Å²) in [6, 6.07) is 0. The first-order chi connectivity index (χ1) is 9.91. The van der Waals surface area contributed by atoms with Crippen molar-refractivity contribution in [2.45, 2.75) is 66.6 Å². The van der Waals surface area contributed by atoms with Crippen molar-refractivity contribution < 1.29 is 33.9 Å². The van der Waals surface area contributed by atoms with Gasteiger partial charge in [-0.25, -0.2) is 14.6 Å². The van der Waals surface area contributed by atoms with Gasteiger partial charge in [-0.1, -0.05) is 20.8 Å². The zero-order valence-electron chi connectivity index (χ0n) is 14.3. The van der Waals surface area contributed by atoms with Crippen LogP contribution in [0, 0.1) is 5.41 Å². The van der Waals surface area contributed by atoms with E-state index in [1.54, 1.807) is 13.8 Å². The van der Waals surface area contributed by atoms with Gasteiger partial charge in [-0.15, -0.1) is 0 Å². The van der Waals surface area contributed by atoms with E-state index in [0.29, 0.717) is 0 Å². The molecule has 0 aliphatic carbocycles. The summed E-state index contributed by atoms with van der Waals surface area (Å²) in [7, 11) is 0. The summed E-state index contributed by atoms with van der Waals surface area (Å²) >= 11 is 0. The van der Waals surface area contributed by atoms with Gasteiger partial charge in [0.2, 0.25) is 0 Å². The number of rotatable bonds is 6. The second-order valence-corrected chi connectivity index (χ2v) is 6.88. The molecule has 0 aliphatic rings. The molecule has 0 saturated carbocycles. The van der Waals surface area contributed by atoms with Gasteiger partial charge in [-0.3, -0.25) is 0 Å². The van der Waals surface area contributed by atoms with Gasteiger partial charge in [0.1, 0.15) is 11.9 Å². The third-order valence-electron chi connectivity index (χ3n) is 2.01. The molecule has 7 heteroatoms. The maximum Gasteiger partial charge on any atom is 0.550 e. The van der Waals surface area contributed by atoms with Crippen molar-refractivity contribution in [3.05, 3.63) is 12.3 Å². The highest BCUT2D eigenvalue weighted by Crippen LogP contribution is 2.29. The molecular formula is C15H26O7. The summed E-state index contributed by atoms with van der Waals surface area (Å²) in [5.74, 6) is -0.932. The molecule has 0 aromatic carbocycles. The van der Waals surface area contributed by atoms with Crippen LogP contribution in [0.4, 0.5) is 4.79 Å². The van der Waals surface area contributed by atoms with E-state index in [0.717, 1.165) is 18.8 Å². The molecule has 0 N–H and O–H groups in total. The van der Waals surface area contributed by atoms with Crippen molar-refractivity contribution in [1.29, 1.82) is 0 Å². The first-order valence-corrected chi connectivity index (χ1v) is 7.01. The Hall–Kier alpha value is -1.76. The molecule has 0 aromatic rings. The van der Waals surface area contributed by atoms with Crippen molar-refractivity contribution in [3.8, 4) is 0 Å². The van der Waals surface area contributed by atoms with Crippen molar-refractivity contribution in [3.63, 3.8) is 0 Å². The fourth-order valence-corrected chi connectivity index (χ4v) is 1.86. The zero-order chi connectivity index (χ0) is 17.4. The Morgan fingerprint density at radius 2 is 1.64 bits per heavy atom. The van der Waals surface area contributed by atoms with Crippen LogP contribution in [0.3, 0.4) is 0 Å². The van der Waals surface area contributed by atoms with Crippen molar-refractivity contribution in [2.75, 3.05) is 0 Å². The normalized spacial score (nSPS) is 12.4. The van der Waals surface area contributed by atoms with Crippen LogP contribution in [0.25, 0.3) is 0 Å². The van der Waals surface area contributed by atoms with Crippen LogP contribution in [-0.2, 0) is 29.1 Å². The minimum absolute atomic E-state index is 0.0696. The molecule has 0 aliphatic heterocycles. The second-order valence-electron chi connectivity index (χ2n) is 6.88. The predicted molar refractivity (Wildman–Crippen MR) is 78.3 cm³/mol. The molecule has 0 aromatic heterocycles. The topological polar surface area (TPSA) is 80.3 Å². The number of carbonyl (C=O) groups excluding carboxylic acids is 2. The quantitative estimate of drug-likeness (QED) is 0.243. The number of hydrogen-bond donors (Lipinski definition) is 0. The highest BCUT2D eigenvalue weighted by atomic mass is 17.2. The fourth-order valence-electron chi connectivity index (χ4n) is 1.86. The Kier molecular flexibility index (Phi) is 7.94. The minimum Gasteiger partial charge on any atom is -0.429 e. The van der Waals surface area contributed by atoms with Crippen LogP contribution in [-0.4, -0.2) is 23.8 Å². The van der Waals surface area contributed by atoms with Gasteiger partial charge < -0.3 is 9.62 Å². The Labute approximate surface area is 131 Å². The van der Waals surface area contributed by atoms with E-state index in [2.05, 4.69) is 35.3 Å². The summed E-state index contributed by atoms with van der Waals surface area (Å²) in [6.45, 7) is 13.3. The van der Waals surface area contributed by atoms with E-state index in [1.807, 2.05) is 13.8 Å². The van der Waals surface area contributed by atoms with Crippen LogP contribution in [0.15, 0.2) is 12.3 Å². The first kappa shape index (κ1) is 20.2. The van der Waals surface area contributed by atoms with Gasteiger partial charge in [0.15, 0.2) is 0 Å². The summed E-state index contributed by atoms with van der Waals surface area (Å²) in [6.07, 6.45) is 1.20. The van der Waals surface area contributed by atoms with Crippen LogP contribution in [0.5, 0.6) is 0 Å². The molecule has 128 valence electrons. The number of ether oxygens (including phenoxy) is 1. The molecule has 0 rings (SSSR count). The van der Waals surface area contributed by atoms with Gasteiger partial charge in [0.25, 0.3) is 0 Å². The molecule has 0 saturated heterocycles. The van der Waals surface area contributed by atoms with Crippen LogP contribution in [0.1, 0.15) is 54.9 Å². The summed E-state index contributed by atoms with van der Waals surface area (Å²) in [5.41, 5.74) is -0.454. The molecule has 7 nitrogen and oxygen atoms in total. The number of carbonyl (C=O) groups is 2. The highest BCUT2D eigenvalue weighted by molar-refractivity contribution is 5.81. The highest BCUT2D eigenvalue weighted by Gasteiger charge is 2.27. The van der Waals surface area contributed by atoms with E-state index < -0.39 is 17.7 Å². The molecule has 0 bridgehead atoms. The Balaban J connectivity index is 4.03. The van der Waals surface area contributed by atoms with E-state index in [-0.39, 0.29) is 11.5 Å². The lowest BCUT2D eigenvalue weighted by Gasteiger charge is -2.30. The molecule has 0 amide bonds. The minimum atomic E-state index is -1.10. The predicted octanol–water partition coefficient (Wildman–Crippen LogP) is 3.68. The molecular weight excluding hydrogens is 292 g/mol. The SMILES string of the molecule is CC(C)OC(=O)OOC(=O)C=COOC(C)(C)CC(C)(C)C. The molecule has 0 unspecified atom stereocenters. The lowest BCUT2D eigenvalue weighted by Crippen LogP contribution is -2.29.